The number of carbonyl (C=O) groups is 2. The third-order valence-corrected chi connectivity index (χ3v) is 4.19. The molecule has 1 saturated heterocycles. The molecule has 1 N–H and O–H groups in total. The Morgan fingerprint density at radius 3 is 2.50 bits per heavy atom. The van der Waals surface area contributed by atoms with Gasteiger partial charge in [-0.3, -0.25) is 9.59 Å². The first-order chi connectivity index (χ1) is 9.58. The average molecular weight is 338 g/mol. The average Bonchev–Trinajstić information content (AvgIpc) is 2.46. The van der Waals surface area contributed by atoms with E-state index in [1.54, 1.807) is 17.1 Å². The van der Waals surface area contributed by atoms with Crippen LogP contribution < -0.4 is 0 Å². The van der Waals surface area contributed by atoms with Crippen LogP contribution in [0.2, 0.25) is 0 Å². The number of benzene rings is 1. The number of halogens is 1. The highest BCUT2D eigenvalue weighted by Gasteiger charge is 2.25. The zero-order valence-corrected chi connectivity index (χ0v) is 12.5. The number of likely N-dealkylation sites (tertiary alicyclic amines) is 1. The van der Waals surface area contributed by atoms with Crippen molar-refractivity contribution in [1.82, 2.24) is 4.90 Å². The number of rotatable bonds is 3. The highest BCUT2D eigenvalue weighted by atomic mass is 79.9. The maximum absolute atomic E-state index is 12.0. The summed E-state index contributed by atoms with van der Waals surface area (Å²) in [5.41, 5.74) is 0.946. The summed E-state index contributed by atoms with van der Waals surface area (Å²) in [5.74, 6) is -1.14. The Bertz CT molecular complexity index is 534. The van der Waals surface area contributed by atoms with Crippen LogP contribution in [0.25, 0.3) is 6.08 Å². The van der Waals surface area contributed by atoms with Gasteiger partial charge in [-0.05, 0) is 30.5 Å². The Morgan fingerprint density at radius 1 is 1.25 bits per heavy atom. The van der Waals surface area contributed by atoms with E-state index in [0.717, 1.165) is 10.0 Å². The number of carboxylic acids is 1. The fourth-order valence-electron chi connectivity index (χ4n) is 2.22. The zero-order chi connectivity index (χ0) is 14.5. The number of piperidine rings is 1. The molecular formula is C15H16BrNO3. The first-order valence-electron chi connectivity index (χ1n) is 6.52. The van der Waals surface area contributed by atoms with Crippen LogP contribution in [0.5, 0.6) is 0 Å². The van der Waals surface area contributed by atoms with Crippen molar-refractivity contribution >= 4 is 33.9 Å². The standard InChI is InChI=1S/C15H16BrNO3/c16-13-4-2-1-3-11(13)5-6-14(18)17-9-7-12(8-10-17)15(19)20/h1-6,12H,7-10H2,(H,19,20)/b6-5+. The van der Waals surface area contributed by atoms with E-state index in [9.17, 15) is 9.59 Å². The molecule has 1 fully saturated rings. The molecule has 1 heterocycles. The quantitative estimate of drug-likeness (QED) is 0.863. The van der Waals surface area contributed by atoms with Crippen LogP contribution in [0.15, 0.2) is 34.8 Å². The molecule has 1 aromatic rings. The predicted octanol–water partition coefficient (Wildman–Crippen LogP) is 2.79. The van der Waals surface area contributed by atoms with Gasteiger partial charge in [0.2, 0.25) is 5.91 Å². The summed E-state index contributed by atoms with van der Waals surface area (Å²) in [6.07, 6.45) is 4.38. The third-order valence-electron chi connectivity index (χ3n) is 3.47. The van der Waals surface area contributed by atoms with E-state index in [2.05, 4.69) is 15.9 Å². The van der Waals surface area contributed by atoms with E-state index in [4.69, 9.17) is 5.11 Å². The first-order valence-corrected chi connectivity index (χ1v) is 7.31. The molecule has 5 heteroatoms. The SMILES string of the molecule is O=C(O)C1CCN(C(=O)/C=C/c2ccccc2Br)CC1. The molecule has 1 aromatic carbocycles. The molecular weight excluding hydrogens is 322 g/mol. The Hall–Kier alpha value is -1.62. The molecule has 106 valence electrons. The number of nitrogens with zero attached hydrogens (tertiary/aromatic N) is 1. The minimum atomic E-state index is -0.763. The van der Waals surface area contributed by atoms with Crippen LogP contribution in [-0.4, -0.2) is 35.0 Å². The summed E-state index contributed by atoms with van der Waals surface area (Å²) in [5, 5.41) is 8.92. The molecule has 1 amide bonds. The van der Waals surface area contributed by atoms with E-state index in [1.165, 1.54) is 0 Å². The van der Waals surface area contributed by atoms with E-state index >= 15 is 0 Å². The fraction of sp³-hybridized carbons (Fsp3) is 0.333. The lowest BCUT2D eigenvalue weighted by molar-refractivity contribution is -0.144. The third kappa shape index (κ3) is 3.70. The van der Waals surface area contributed by atoms with Gasteiger partial charge in [0.05, 0.1) is 5.92 Å². The molecule has 20 heavy (non-hydrogen) atoms. The van der Waals surface area contributed by atoms with Crippen LogP contribution in [0.3, 0.4) is 0 Å². The number of carboxylic acid groups (broad SMARTS) is 1. The van der Waals surface area contributed by atoms with Gasteiger partial charge < -0.3 is 10.0 Å². The topological polar surface area (TPSA) is 57.6 Å². The van der Waals surface area contributed by atoms with Gasteiger partial charge in [0.1, 0.15) is 0 Å². The number of hydrogen-bond acceptors (Lipinski definition) is 2. The van der Waals surface area contributed by atoms with Crippen molar-refractivity contribution < 1.29 is 14.7 Å². The van der Waals surface area contributed by atoms with Crippen molar-refractivity contribution in [2.45, 2.75) is 12.8 Å². The van der Waals surface area contributed by atoms with Crippen LogP contribution in [-0.2, 0) is 9.59 Å². The Balaban J connectivity index is 1.93. The Kier molecular flexibility index (Phi) is 4.95. The van der Waals surface area contributed by atoms with E-state index in [-0.39, 0.29) is 11.8 Å². The van der Waals surface area contributed by atoms with Gasteiger partial charge in [-0.25, -0.2) is 0 Å². The lowest BCUT2D eigenvalue weighted by Crippen LogP contribution is -2.39. The second kappa shape index (κ2) is 6.70. The number of amides is 1. The van der Waals surface area contributed by atoms with Crippen molar-refractivity contribution in [3.05, 3.63) is 40.4 Å². The largest absolute Gasteiger partial charge is 0.481 e. The van der Waals surface area contributed by atoms with Crippen molar-refractivity contribution in [2.24, 2.45) is 5.92 Å². The summed E-state index contributed by atoms with van der Waals surface area (Å²) < 4.78 is 0.939. The second-order valence-corrected chi connectivity index (χ2v) is 5.65. The second-order valence-electron chi connectivity index (χ2n) is 4.79. The maximum atomic E-state index is 12.0. The van der Waals surface area contributed by atoms with Gasteiger partial charge in [0, 0.05) is 23.6 Å². The van der Waals surface area contributed by atoms with Crippen LogP contribution >= 0.6 is 15.9 Å². The maximum Gasteiger partial charge on any atom is 0.306 e. The number of aliphatic carboxylic acids is 1. The molecule has 0 aromatic heterocycles. The van der Waals surface area contributed by atoms with Crippen LogP contribution in [0.4, 0.5) is 0 Å². The van der Waals surface area contributed by atoms with Gasteiger partial charge in [0.25, 0.3) is 0 Å². The molecule has 4 nitrogen and oxygen atoms in total. The Labute approximate surface area is 126 Å². The first kappa shape index (κ1) is 14.8. The molecule has 1 aliphatic heterocycles. The molecule has 0 spiro atoms. The molecule has 0 saturated carbocycles. The number of carbonyl (C=O) groups excluding carboxylic acids is 1. The summed E-state index contributed by atoms with van der Waals surface area (Å²) >= 11 is 3.42. The molecule has 1 aliphatic rings. The lowest BCUT2D eigenvalue weighted by Gasteiger charge is -2.29. The van der Waals surface area contributed by atoms with Crippen LogP contribution in [0, 0.1) is 5.92 Å². The minimum absolute atomic E-state index is 0.0652. The van der Waals surface area contributed by atoms with Gasteiger partial charge in [0.15, 0.2) is 0 Å². The van der Waals surface area contributed by atoms with Gasteiger partial charge >= 0.3 is 5.97 Å². The van der Waals surface area contributed by atoms with Crippen molar-refractivity contribution in [2.75, 3.05) is 13.1 Å². The minimum Gasteiger partial charge on any atom is -0.481 e. The van der Waals surface area contributed by atoms with Crippen molar-refractivity contribution in [1.29, 1.82) is 0 Å². The molecule has 0 bridgehead atoms. The monoisotopic (exact) mass is 337 g/mol. The molecule has 0 atom stereocenters. The van der Waals surface area contributed by atoms with Gasteiger partial charge in [-0.1, -0.05) is 34.1 Å². The smallest absolute Gasteiger partial charge is 0.306 e. The number of hydrogen-bond donors (Lipinski definition) is 1. The predicted molar refractivity (Wildman–Crippen MR) is 80.1 cm³/mol. The normalized spacial score (nSPS) is 16.6. The van der Waals surface area contributed by atoms with Crippen molar-refractivity contribution in [3.63, 3.8) is 0 Å². The fourth-order valence-corrected chi connectivity index (χ4v) is 2.64. The van der Waals surface area contributed by atoms with Crippen molar-refractivity contribution in [3.8, 4) is 0 Å². The molecule has 0 radical (unpaired) electrons. The van der Waals surface area contributed by atoms with Gasteiger partial charge in [-0.15, -0.1) is 0 Å². The lowest BCUT2D eigenvalue weighted by atomic mass is 9.97. The van der Waals surface area contributed by atoms with E-state index in [1.807, 2.05) is 24.3 Å². The molecule has 0 aliphatic carbocycles. The molecule has 0 unspecified atom stereocenters. The summed E-state index contributed by atoms with van der Waals surface area (Å²) in [6.45, 7) is 1.02. The highest BCUT2D eigenvalue weighted by molar-refractivity contribution is 9.10. The molecule has 2 rings (SSSR count). The van der Waals surface area contributed by atoms with E-state index < -0.39 is 5.97 Å². The Morgan fingerprint density at radius 2 is 1.90 bits per heavy atom. The highest BCUT2D eigenvalue weighted by Crippen LogP contribution is 2.19. The van der Waals surface area contributed by atoms with Crippen LogP contribution in [0.1, 0.15) is 18.4 Å². The zero-order valence-electron chi connectivity index (χ0n) is 11.0. The summed E-state index contributed by atoms with van der Waals surface area (Å²) in [6, 6.07) is 7.67. The summed E-state index contributed by atoms with van der Waals surface area (Å²) in [7, 11) is 0. The van der Waals surface area contributed by atoms with E-state index in [0.29, 0.717) is 25.9 Å². The van der Waals surface area contributed by atoms with Gasteiger partial charge in [-0.2, -0.15) is 0 Å². The summed E-state index contributed by atoms with van der Waals surface area (Å²) in [4.78, 5) is 24.6.